The summed E-state index contributed by atoms with van der Waals surface area (Å²) in [4.78, 5) is 23.5. The molecule has 0 spiro atoms. The normalized spacial score (nSPS) is 9.78. The van der Waals surface area contributed by atoms with Gasteiger partial charge in [-0.1, -0.05) is 44.9 Å². The number of carbonyl (C=O) groups is 2. The van der Waals surface area contributed by atoms with E-state index in [2.05, 4.69) is 12.8 Å². The molecule has 0 bridgehead atoms. The van der Waals surface area contributed by atoms with Gasteiger partial charge >= 0.3 is 5.97 Å². The molecule has 0 rings (SSSR count). The van der Waals surface area contributed by atoms with Crippen LogP contribution in [0.5, 0.6) is 0 Å². The number of terminal acetylenes is 1. The minimum Gasteiger partial charge on any atom is -0.480 e. The SMILES string of the molecule is C#CCN(CC(=O)O)C(=O)CCCCCCCC. The molecule has 0 fully saturated rings. The lowest BCUT2D eigenvalue weighted by Crippen LogP contribution is -2.35. The molecule has 1 amide bonds. The summed E-state index contributed by atoms with van der Waals surface area (Å²) >= 11 is 0. The highest BCUT2D eigenvalue weighted by Crippen LogP contribution is 2.08. The van der Waals surface area contributed by atoms with Crippen molar-refractivity contribution in [2.24, 2.45) is 0 Å². The van der Waals surface area contributed by atoms with Gasteiger partial charge in [-0.25, -0.2) is 0 Å². The van der Waals surface area contributed by atoms with Gasteiger partial charge in [0.25, 0.3) is 0 Å². The third kappa shape index (κ3) is 8.63. The smallest absolute Gasteiger partial charge is 0.323 e. The van der Waals surface area contributed by atoms with Gasteiger partial charge in [0.05, 0.1) is 6.54 Å². The minimum atomic E-state index is -1.03. The van der Waals surface area contributed by atoms with Gasteiger partial charge in [0.1, 0.15) is 6.54 Å². The summed E-state index contributed by atoms with van der Waals surface area (Å²) in [5.74, 6) is 1.13. The number of carboxylic acid groups (broad SMARTS) is 1. The Morgan fingerprint density at radius 2 is 1.78 bits per heavy atom. The van der Waals surface area contributed by atoms with E-state index in [0.717, 1.165) is 19.3 Å². The highest BCUT2D eigenvalue weighted by Gasteiger charge is 2.14. The van der Waals surface area contributed by atoms with Gasteiger partial charge in [-0.05, 0) is 6.42 Å². The number of rotatable bonds is 10. The van der Waals surface area contributed by atoms with Gasteiger partial charge < -0.3 is 10.0 Å². The molecule has 0 aliphatic rings. The number of hydrogen-bond donors (Lipinski definition) is 1. The van der Waals surface area contributed by atoms with Crippen LogP contribution in [0.1, 0.15) is 51.9 Å². The van der Waals surface area contributed by atoms with Crippen molar-refractivity contribution >= 4 is 11.9 Å². The maximum absolute atomic E-state index is 11.7. The van der Waals surface area contributed by atoms with Crippen molar-refractivity contribution in [1.29, 1.82) is 0 Å². The molecule has 4 heteroatoms. The largest absolute Gasteiger partial charge is 0.480 e. The number of nitrogens with zero attached hydrogens (tertiary/aromatic N) is 1. The van der Waals surface area contributed by atoms with Crippen LogP contribution in [0.25, 0.3) is 0 Å². The van der Waals surface area contributed by atoms with Crippen molar-refractivity contribution in [2.45, 2.75) is 51.9 Å². The van der Waals surface area contributed by atoms with Gasteiger partial charge in [0.2, 0.25) is 5.91 Å². The molecule has 0 saturated heterocycles. The Hall–Kier alpha value is -1.50. The molecular weight excluding hydrogens is 230 g/mol. The highest BCUT2D eigenvalue weighted by atomic mass is 16.4. The van der Waals surface area contributed by atoms with Gasteiger partial charge in [-0.3, -0.25) is 9.59 Å². The third-order valence-electron chi connectivity index (χ3n) is 2.71. The lowest BCUT2D eigenvalue weighted by atomic mass is 10.1. The van der Waals surface area contributed by atoms with E-state index in [1.807, 2.05) is 0 Å². The summed E-state index contributed by atoms with van der Waals surface area (Å²) in [7, 11) is 0. The lowest BCUT2D eigenvalue weighted by molar-refractivity contribution is -0.144. The Kier molecular flexibility index (Phi) is 9.75. The zero-order valence-corrected chi connectivity index (χ0v) is 11.2. The van der Waals surface area contributed by atoms with Crippen molar-refractivity contribution in [3.63, 3.8) is 0 Å². The third-order valence-corrected chi connectivity index (χ3v) is 2.71. The second-order valence-electron chi connectivity index (χ2n) is 4.37. The van der Waals surface area contributed by atoms with Crippen molar-refractivity contribution in [2.75, 3.05) is 13.1 Å². The molecule has 1 N–H and O–H groups in total. The van der Waals surface area contributed by atoms with Gasteiger partial charge in [-0.2, -0.15) is 0 Å². The van der Waals surface area contributed by atoms with Crippen LogP contribution in [0, 0.1) is 12.3 Å². The van der Waals surface area contributed by atoms with E-state index >= 15 is 0 Å². The molecule has 0 atom stereocenters. The molecule has 0 heterocycles. The molecule has 0 aliphatic carbocycles. The zero-order chi connectivity index (χ0) is 13.8. The van der Waals surface area contributed by atoms with Crippen LogP contribution in [-0.4, -0.2) is 35.0 Å². The van der Waals surface area contributed by atoms with Crippen LogP contribution in [-0.2, 0) is 9.59 Å². The van der Waals surface area contributed by atoms with Crippen molar-refractivity contribution in [3.8, 4) is 12.3 Å². The number of unbranched alkanes of at least 4 members (excludes halogenated alkanes) is 5. The molecule has 0 aromatic carbocycles. The molecule has 0 aromatic rings. The van der Waals surface area contributed by atoms with E-state index in [0.29, 0.717) is 6.42 Å². The second-order valence-corrected chi connectivity index (χ2v) is 4.37. The predicted molar refractivity (Wildman–Crippen MR) is 71.0 cm³/mol. The van der Waals surface area contributed by atoms with Gasteiger partial charge in [-0.15, -0.1) is 6.42 Å². The summed E-state index contributed by atoms with van der Waals surface area (Å²) in [5, 5.41) is 8.67. The Morgan fingerprint density at radius 3 is 2.33 bits per heavy atom. The Bertz CT molecular complexity index is 294. The summed E-state index contributed by atoms with van der Waals surface area (Å²) in [6.07, 6.45) is 12.1. The standard InChI is InChI=1S/C14H23NO3/c1-3-5-6-7-8-9-10-13(16)15(11-4-2)12-14(17)18/h2H,3,5-12H2,1H3,(H,17,18). The minimum absolute atomic E-state index is 0.0704. The van der Waals surface area contributed by atoms with E-state index in [9.17, 15) is 9.59 Å². The maximum atomic E-state index is 11.7. The summed E-state index contributed by atoms with van der Waals surface area (Å²) < 4.78 is 0. The number of carbonyl (C=O) groups excluding carboxylic acids is 1. The van der Waals surface area contributed by atoms with Gasteiger partial charge in [0.15, 0.2) is 0 Å². The second kappa shape index (κ2) is 10.6. The summed E-state index contributed by atoms with van der Waals surface area (Å²) in [6, 6.07) is 0. The van der Waals surface area contributed by atoms with E-state index in [-0.39, 0.29) is 19.0 Å². The fourth-order valence-corrected chi connectivity index (χ4v) is 1.72. The Balaban J connectivity index is 3.82. The fraction of sp³-hybridized carbons (Fsp3) is 0.714. The molecule has 4 nitrogen and oxygen atoms in total. The quantitative estimate of drug-likeness (QED) is 0.480. The molecule has 0 unspecified atom stereocenters. The molecular formula is C14H23NO3. The topological polar surface area (TPSA) is 57.6 Å². The zero-order valence-electron chi connectivity index (χ0n) is 11.2. The van der Waals surface area contributed by atoms with E-state index in [1.54, 1.807) is 0 Å². The molecule has 0 aliphatic heterocycles. The van der Waals surface area contributed by atoms with E-state index in [1.165, 1.54) is 24.2 Å². The van der Waals surface area contributed by atoms with Crippen LogP contribution in [0.2, 0.25) is 0 Å². The van der Waals surface area contributed by atoms with E-state index in [4.69, 9.17) is 11.5 Å². The lowest BCUT2D eigenvalue weighted by Gasteiger charge is -2.17. The first-order valence-corrected chi connectivity index (χ1v) is 6.54. The monoisotopic (exact) mass is 253 g/mol. The molecule has 0 radical (unpaired) electrons. The van der Waals surface area contributed by atoms with E-state index < -0.39 is 5.97 Å². The summed E-state index contributed by atoms with van der Waals surface area (Å²) in [6.45, 7) is 1.92. The fourth-order valence-electron chi connectivity index (χ4n) is 1.72. The number of carboxylic acids is 1. The number of amides is 1. The average Bonchev–Trinajstić information content (AvgIpc) is 2.32. The first-order chi connectivity index (χ1) is 8.61. The Labute approximate surface area is 109 Å². The van der Waals surface area contributed by atoms with Crippen molar-refractivity contribution in [3.05, 3.63) is 0 Å². The van der Waals surface area contributed by atoms with Crippen LogP contribution < -0.4 is 0 Å². The molecule has 18 heavy (non-hydrogen) atoms. The Morgan fingerprint density at radius 1 is 1.17 bits per heavy atom. The molecule has 0 aromatic heterocycles. The first-order valence-electron chi connectivity index (χ1n) is 6.54. The van der Waals surface area contributed by atoms with Crippen LogP contribution in [0.3, 0.4) is 0 Å². The highest BCUT2D eigenvalue weighted by molar-refractivity contribution is 5.81. The predicted octanol–water partition coefficient (Wildman–Crippen LogP) is 2.28. The number of aliphatic carboxylic acids is 1. The summed E-state index contributed by atoms with van der Waals surface area (Å²) in [5.41, 5.74) is 0. The van der Waals surface area contributed by atoms with Crippen LogP contribution in [0.4, 0.5) is 0 Å². The number of hydrogen-bond acceptors (Lipinski definition) is 2. The van der Waals surface area contributed by atoms with Crippen molar-refractivity contribution < 1.29 is 14.7 Å². The maximum Gasteiger partial charge on any atom is 0.323 e. The molecule has 0 saturated carbocycles. The van der Waals surface area contributed by atoms with Crippen LogP contribution in [0.15, 0.2) is 0 Å². The van der Waals surface area contributed by atoms with Gasteiger partial charge in [0, 0.05) is 6.42 Å². The first kappa shape index (κ1) is 16.5. The van der Waals surface area contributed by atoms with Crippen molar-refractivity contribution in [1.82, 2.24) is 4.90 Å². The van der Waals surface area contributed by atoms with Crippen LogP contribution >= 0.6 is 0 Å². The average molecular weight is 253 g/mol. The molecule has 102 valence electrons.